The predicted octanol–water partition coefficient (Wildman–Crippen LogP) is 3.94. The number of aliphatic carboxylic acids is 1. The highest BCUT2D eigenvalue weighted by atomic mass is 32.1. The molecule has 0 saturated carbocycles. The van der Waals surface area contributed by atoms with Gasteiger partial charge in [0, 0.05) is 22.9 Å². The number of carbonyl (C=O) groups excluding carboxylic acids is 1. The molecule has 34 heavy (non-hydrogen) atoms. The molecule has 0 aliphatic carbocycles. The van der Waals surface area contributed by atoms with Gasteiger partial charge >= 0.3 is 5.97 Å². The summed E-state index contributed by atoms with van der Waals surface area (Å²) in [6, 6.07) is 8.29. The number of anilines is 1. The maximum Gasteiger partial charge on any atom is 0.303 e. The van der Waals surface area contributed by atoms with Crippen LogP contribution in [-0.2, 0) is 9.59 Å². The van der Waals surface area contributed by atoms with Crippen molar-refractivity contribution >= 4 is 29.1 Å². The molecule has 0 saturated heterocycles. The van der Waals surface area contributed by atoms with Crippen LogP contribution in [0.4, 0.5) is 5.69 Å². The fourth-order valence-corrected chi connectivity index (χ4v) is 4.26. The zero-order valence-corrected chi connectivity index (χ0v) is 20.2. The zero-order valence-electron chi connectivity index (χ0n) is 19.4. The molecule has 1 amide bonds. The van der Waals surface area contributed by atoms with Crippen LogP contribution in [0.3, 0.4) is 0 Å². The summed E-state index contributed by atoms with van der Waals surface area (Å²) in [7, 11) is 4.68. The van der Waals surface area contributed by atoms with Crippen LogP contribution in [0.25, 0.3) is 22.4 Å². The van der Waals surface area contributed by atoms with E-state index in [4.69, 9.17) is 25.1 Å². The van der Waals surface area contributed by atoms with E-state index in [1.807, 2.05) is 30.5 Å². The molecule has 9 nitrogen and oxygen atoms in total. The van der Waals surface area contributed by atoms with Gasteiger partial charge in [-0.25, -0.2) is 0 Å². The third-order valence-corrected chi connectivity index (χ3v) is 5.91. The average Bonchev–Trinajstić information content (AvgIpc) is 3.31. The van der Waals surface area contributed by atoms with E-state index in [-0.39, 0.29) is 12.8 Å². The van der Waals surface area contributed by atoms with Gasteiger partial charge in [0.25, 0.3) is 0 Å². The van der Waals surface area contributed by atoms with Gasteiger partial charge in [0.05, 0.1) is 38.8 Å². The van der Waals surface area contributed by atoms with E-state index in [9.17, 15) is 9.59 Å². The quantitative estimate of drug-likeness (QED) is 0.393. The van der Waals surface area contributed by atoms with Gasteiger partial charge in [0.1, 0.15) is 5.75 Å². The number of rotatable bonds is 10. The summed E-state index contributed by atoms with van der Waals surface area (Å²) < 4.78 is 20.9. The Kier molecular flexibility index (Phi) is 8.08. The van der Waals surface area contributed by atoms with Crippen LogP contribution in [0.15, 0.2) is 35.7 Å². The Bertz CT molecular complexity index is 1190. The summed E-state index contributed by atoms with van der Waals surface area (Å²) >= 11 is 1.31. The van der Waals surface area contributed by atoms with Gasteiger partial charge in [0.15, 0.2) is 11.5 Å². The first-order valence-electron chi connectivity index (χ1n) is 10.4. The third kappa shape index (κ3) is 5.46. The second-order valence-corrected chi connectivity index (χ2v) is 8.18. The van der Waals surface area contributed by atoms with E-state index in [2.05, 4.69) is 9.69 Å². The minimum Gasteiger partial charge on any atom is -0.495 e. The molecule has 3 rings (SSSR count). The summed E-state index contributed by atoms with van der Waals surface area (Å²) in [5.74, 6) is 0.224. The summed E-state index contributed by atoms with van der Waals surface area (Å²) in [5, 5.41) is 13.5. The molecule has 0 aliphatic heterocycles. The van der Waals surface area contributed by atoms with Crippen LogP contribution < -0.4 is 25.3 Å². The SMILES string of the molecule is COc1ccc(-c2csnc2-c2cc(C)c(OC)c(OC)c2)cc1NC(=O)[C@@H](N)CCC(=O)O. The van der Waals surface area contributed by atoms with Gasteiger partial charge in [-0.05, 0) is 60.3 Å². The number of methoxy groups -OCH3 is 3. The highest BCUT2D eigenvalue weighted by Crippen LogP contribution is 2.41. The number of carboxylic acids is 1. The first-order valence-corrected chi connectivity index (χ1v) is 11.3. The van der Waals surface area contributed by atoms with Crippen molar-refractivity contribution in [1.29, 1.82) is 0 Å². The standard InChI is InChI=1S/C24H27N3O6S/c1-13-9-15(11-20(32-3)23(13)33-4)22-16(12-34-27-22)14-5-7-19(31-2)18(10-14)26-24(30)17(25)6-8-21(28)29/h5,7,9-12,17H,6,8,25H2,1-4H3,(H,26,30)(H,28,29)/t17-/m0/s1. The molecule has 2 aromatic carbocycles. The molecule has 0 unspecified atom stereocenters. The maximum absolute atomic E-state index is 12.5. The number of nitrogens with two attached hydrogens (primary N) is 1. The van der Waals surface area contributed by atoms with E-state index in [1.165, 1.54) is 18.6 Å². The van der Waals surface area contributed by atoms with Crippen LogP contribution in [0.5, 0.6) is 17.2 Å². The van der Waals surface area contributed by atoms with Crippen molar-refractivity contribution in [3.05, 3.63) is 41.3 Å². The summed E-state index contributed by atoms with van der Waals surface area (Å²) in [6.45, 7) is 1.94. The minimum atomic E-state index is -1.01. The number of carboxylic acid groups (broad SMARTS) is 1. The first kappa shape index (κ1) is 25.0. The predicted molar refractivity (Wildman–Crippen MR) is 131 cm³/mol. The Labute approximate surface area is 201 Å². The van der Waals surface area contributed by atoms with Crippen molar-refractivity contribution in [2.45, 2.75) is 25.8 Å². The third-order valence-electron chi connectivity index (χ3n) is 5.28. The Morgan fingerprint density at radius 3 is 2.47 bits per heavy atom. The fraction of sp³-hybridized carbons (Fsp3) is 0.292. The largest absolute Gasteiger partial charge is 0.495 e. The molecule has 3 aromatic rings. The van der Waals surface area contributed by atoms with E-state index < -0.39 is 17.9 Å². The number of aryl methyl sites for hydroxylation is 1. The average molecular weight is 486 g/mol. The maximum atomic E-state index is 12.5. The van der Waals surface area contributed by atoms with Crippen molar-refractivity contribution in [2.75, 3.05) is 26.6 Å². The molecular formula is C24H27N3O6S. The van der Waals surface area contributed by atoms with Gasteiger partial charge in [-0.2, -0.15) is 4.37 Å². The van der Waals surface area contributed by atoms with Crippen LogP contribution in [0.2, 0.25) is 0 Å². The fourth-order valence-electron chi connectivity index (χ4n) is 3.55. The second-order valence-electron chi connectivity index (χ2n) is 7.55. The highest BCUT2D eigenvalue weighted by Gasteiger charge is 2.20. The molecule has 180 valence electrons. The number of aromatic nitrogens is 1. The molecule has 10 heteroatoms. The van der Waals surface area contributed by atoms with E-state index in [1.54, 1.807) is 26.4 Å². The molecule has 1 aromatic heterocycles. The lowest BCUT2D eigenvalue weighted by molar-refractivity contribution is -0.137. The normalized spacial score (nSPS) is 11.6. The molecule has 4 N–H and O–H groups in total. The van der Waals surface area contributed by atoms with Gasteiger partial charge < -0.3 is 30.4 Å². The van der Waals surface area contributed by atoms with Crippen molar-refractivity contribution in [3.63, 3.8) is 0 Å². The number of amides is 1. The van der Waals surface area contributed by atoms with E-state index in [0.29, 0.717) is 22.9 Å². The van der Waals surface area contributed by atoms with Crippen molar-refractivity contribution in [3.8, 4) is 39.6 Å². The Morgan fingerprint density at radius 1 is 1.09 bits per heavy atom. The lowest BCUT2D eigenvalue weighted by Crippen LogP contribution is -2.36. The number of carbonyl (C=O) groups is 2. The Morgan fingerprint density at radius 2 is 1.82 bits per heavy atom. The topological polar surface area (TPSA) is 133 Å². The molecule has 0 radical (unpaired) electrons. The number of nitrogens with one attached hydrogen (secondary N) is 1. The molecule has 1 heterocycles. The molecule has 0 aliphatic rings. The van der Waals surface area contributed by atoms with Crippen LogP contribution in [-0.4, -0.2) is 48.7 Å². The molecule has 0 bridgehead atoms. The lowest BCUT2D eigenvalue weighted by Gasteiger charge is -2.16. The number of hydrogen-bond donors (Lipinski definition) is 3. The number of nitrogens with zero attached hydrogens (tertiary/aromatic N) is 1. The molecule has 0 fully saturated rings. The molecule has 1 atom stereocenters. The smallest absolute Gasteiger partial charge is 0.303 e. The zero-order chi connectivity index (χ0) is 24.8. The van der Waals surface area contributed by atoms with Crippen molar-refractivity contribution in [1.82, 2.24) is 4.37 Å². The van der Waals surface area contributed by atoms with Gasteiger partial charge in [-0.15, -0.1) is 0 Å². The minimum absolute atomic E-state index is 0.0282. The van der Waals surface area contributed by atoms with Gasteiger partial charge in [-0.1, -0.05) is 6.07 Å². The molecule has 0 spiro atoms. The summed E-state index contributed by atoms with van der Waals surface area (Å²) in [6.07, 6.45) is -0.166. The van der Waals surface area contributed by atoms with E-state index >= 15 is 0 Å². The Hall–Kier alpha value is -3.63. The number of hydrogen-bond acceptors (Lipinski definition) is 8. The lowest BCUT2D eigenvalue weighted by atomic mass is 9.99. The number of ether oxygens (including phenoxy) is 3. The highest BCUT2D eigenvalue weighted by molar-refractivity contribution is 7.04. The summed E-state index contributed by atoms with van der Waals surface area (Å²) in [5.41, 5.74) is 10.5. The monoisotopic (exact) mass is 485 g/mol. The number of benzene rings is 2. The molecular weight excluding hydrogens is 458 g/mol. The van der Waals surface area contributed by atoms with Crippen LogP contribution in [0.1, 0.15) is 18.4 Å². The summed E-state index contributed by atoms with van der Waals surface area (Å²) in [4.78, 5) is 23.3. The van der Waals surface area contributed by atoms with Crippen LogP contribution >= 0.6 is 11.5 Å². The second kappa shape index (κ2) is 11.0. The van der Waals surface area contributed by atoms with Crippen molar-refractivity contribution < 1.29 is 28.9 Å². The van der Waals surface area contributed by atoms with Gasteiger partial charge in [-0.3, -0.25) is 9.59 Å². The Balaban J connectivity index is 1.96. The first-order chi connectivity index (χ1) is 16.3. The van der Waals surface area contributed by atoms with E-state index in [0.717, 1.165) is 27.9 Å². The van der Waals surface area contributed by atoms with Crippen molar-refractivity contribution in [2.24, 2.45) is 5.73 Å². The van der Waals surface area contributed by atoms with Gasteiger partial charge in [0.2, 0.25) is 5.91 Å². The van der Waals surface area contributed by atoms with Crippen LogP contribution in [0, 0.1) is 6.92 Å².